The van der Waals surface area contributed by atoms with E-state index < -0.39 is 5.54 Å². The summed E-state index contributed by atoms with van der Waals surface area (Å²) in [6.07, 6.45) is 5.56. The molecule has 2 aromatic heterocycles. The Kier molecular flexibility index (Phi) is 5.92. The molecule has 27 heavy (non-hydrogen) atoms. The summed E-state index contributed by atoms with van der Waals surface area (Å²) < 4.78 is 1.51. The van der Waals surface area contributed by atoms with E-state index in [1.54, 1.807) is 7.05 Å². The number of hydrogen-bond acceptors (Lipinski definition) is 6. The second kappa shape index (κ2) is 8.03. The fraction of sp³-hybridized carbons (Fsp3) is 0.579. The summed E-state index contributed by atoms with van der Waals surface area (Å²) in [4.78, 5) is 31.5. The van der Waals surface area contributed by atoms with Crippen molar-refractivity contribution in [3.63, 3.8) is 0 Å². The van der Waals surface area contributed by atoms with E-state index in [0.717, 1.165) is 36.1 Å². The Morgan fingerprint density at radius 2 is 2.00 bits per heavy atom. The number of aromatic nitrogens is 2. The lowest BCUT2D eigenvalue weighted by atomic mass is 9.92. The first-order valence-corrected chi connectivity index (χ1v) is 11.0. The Balaban J connectivity index is 1.74. The van der Waals surface area contributed by atoms with Crippen LogP contribution in [0.4, 0.5) is 0 Å². The summed E-state index contributed by atoms with van der Waals surface area (Å²) in [6.45, 7) is 3.92. The van der Waals surface area contributed by atoms with E-state index in [9.17, 15) is 14.9 Å². The maximum absolute atomic E-state index is 12.7. The number of nitrogens with zero attached hydrogens (tertiary/aromatic N) is 3. The number of aryl methyl sites for hydroxylation is 2. The number of carbonyl (C=O) groups is 1. The van der Waals surface area contributed by atoms with Crippen LogP contribution in [-0.2, 0) is 11.8 Å². The van der Waals surface area contributed by atoms with Crippen LogP contribution >= 0.6 is 23.1 Å². The van der Waals surface area contributed by atoms with Gasteiger partial charge in [0.25, 0.3) is 5.56 Å². The molecule has 0 saturated heterocycles. The number of fused-ring (bicyclic) bond motifs is 1. The maximum Gasteiger partial charge on any atom is 0.262 e. The third kappa shape index (κ3) is 4.04. The van der Waals surface area contributed by atoms with Crippen molar-refractivity contribution in [2.75, 3.05) is 5.75 Å². The van der Waals surface area contributed by atoms with Crippen molar-refractivity contribution in [2.24, 2.45) is 7.05 Å². The summed E-state index contributed by atoms with van der Waals surface area (Å²) in [5, 5.41) is 13.7. The highest BCUT2D eigenvalue weighted by molar-refractivity contribution is 7.99. The summed E-state index contributed by atoms with van der Waals surface area (Å²) in [7, 11) is 1.68. The van der Waals surface area contributed by atoms with Gasteiger partial charge >= 0.3 is 0 Å². The molecule has 1 aliphatic carbocycles. The largest absolute Gasteiger partial charge is 0.337 e. The molecule has 0 aromatic carbocycles. The Morgan fingerprint density at radius 3 is 2.63 bits per heavy atom. The van der Waals surface area contributed by atoms with Crippen molar-refractivity contribution < 1.29 is 4.79 Å². The first-order valence-electron chi connectivity index (χ1n) is 9.19. The van der Waals surface area contributed by atoms with E-state index >= 15 is 0 Å². The number of nitriles is 1. The third-order valence-electron chi connectivity index (χ3n) is 5.25. The van der Waals surface area contributed by atoms with Crippen molar-refractivity contribution in [3.8, 4) is 6.07 Å². The second-order valence-electron chi connectivity index (χ2n) is 7.17. The predicted molar refractivity (Wildman–Crippen MR) is 109 cm³/mol. The third-order valence-corrected chi connectivity index (χ3v) is 7.38. The first kappa shape index (κ1) is 19.9. The number of hydrogen-bond donors (Lipinski definition) is 1. The summed E-state index contributed by atoms with van der Waals surface area (Å²) in [5.74, 6) is -0.0465. The van der Waals surface area contributed by atoms with Gasteiger partial charge in [-0.15, -0.1) is 11.3 Å². The fourth-order valence-electron chi connectivity index (χ4n) is 3.52. The molecule has 6 nitrogen and oxygen atoms in total. The van der Waals surface area contributed by atoms with E-state index in [0.29, 0.717) is 28.2 Å². The Labute approximate surface area is 167 Å². The van der Waals surface area contributed by atoms with Gasteiger partial charge in [0, 0.05) is 11.9 Å². The van der Waals surface area contributed by atoms with Gasteiger partial charge in [-0.25, -0.2) is 4.98 Å². The standard InChI is InChI=1S/C19H24N4O2S2/c1-12-13(2)27-16-15(12)17(25)23(3)18(21-16)26-10-14(24)22-19(11-20)8-6-4-5-7-9-19/h4-10H2,1-3H3,(H,22,24). The molecule has 1 fully saturated rings. The molecule has 1 aliphatic rings. The van der Waals surface area contributed by atoms with Gasteiger partial charge in [0.2, 0.25) is 5.91 Å². The summed E-state index contributed by atoms with van der Waals surface area (Å²) in [5.41, 5.74) is 0.142. The van der Waals surface area contributed by atoms with E-state index in [1.165, 1.54) is 27.7 Å². The maximum atomic E-state index is 12.7. The highest BCUT2D eigenvalue weighted by Crippen LogP contribution is 2.29. The molecular formula is C19H24N4O2S2. The molecule has 1 N–H and O–H groups in total. The highest BCUT2D eigenvalue weighted by atomic mass is 32.2. The van der Waals surface area contributed by atoms with Gasteiger partial charge in [-0.3, -0.25) is 14.2 Å². The van der Waals surface area contributed by atoms with Gasteiger partial charge in [0.05, 0.1) is 17.2 Å². The molecular weight excluding hydrogens is 380 g/mol. The molecule has 1 amide bonds. The normalized spacial score (nSPS) is 16.7. The first-order chi connectivity index (χ1) is 12.9. The minimum absolute atomic E-state index is 0.0815. The van der Waals surface area contributed by atoms with Crippen LogP contribution in [0, 0.1) is 25.2 Å². The van der Waals surface area contributed by atoms with Crippen molar-refractivity contribution >= 4 is 39.2 Å². The zero-order valence-corrected chi connectivity index (χ0v) is 17.6. The zero-order chi connectivity index (χ0) is 19.6. The number of nitrogens with one attached hydrogen (secondary N) is 1. The molecule has 2 heterocycles. The molecule has 0 radical (unpaired) electrons. The number of rotatable bonds is 4. The molecule has 0 unspecified atom stereocenters. The van der Waals surface area contributed by atoms with Crippen LogP contribution in [0.25, 0.3) is 10.2 Å². The smallest absolute Gasteiger partial charge is 0.262 e. The van der Waals surface area contributed by atoms with Gasteiger partial charge in [0.1, 0.15) is 10.4 Å². The molecule has 3 rings (SSSR count). The van der Waals surface area contributed by atoms with E-state index in [2.05, 4.69) is 16.4 Å². The zero-order valence-electron chi connectivity index (χ0n) is 15.9. The lowest BCUT2D eigenvalue weighted by Crippen LogP contribution is -2.47. The average molecular weight is 405 g/mol. The number of thiophene rings is 1. The van der Waals surface area contributed by atoms with Crippen molar-refractivity contribution in [3.05, 3.63) is 20.8 Å². The van der Waals surface area contributed by atoms with Crippen molar-refractivity contribution in [2.45, 2.75) is 63.1 Å². The number of thioether (sulfide) groups is 1. The predicted octanol–water partition coefficient (Wildman–Crippen LogP) is 3.44. The molecule has 2 aromatic rings. The van der Waals surface area contributed by atoms with Crippen LogP contribution in [0.1, 0.15) is 49.0 Å². The average Bonchev–Trinajstić information content (AvgIpc) is 2.81. The molecule has 8 heteroatoms. The van der Waals surface area contributed by atoms with Gasteiger partial charge in [-0.1, -0.05) is 37.4 Å². The summed E-state index contributed by atoms with van der Waals surface area (Å²) in [6, 6.07) is 2.33. The minimum atomic E-state index is -0.751. The van der Waals surface area contributed by atoms with Crippen LogP contribution in [-0.4, -0.2) is 26.8 Å². The topological polar surface area (TPSA) is 87.8 Å². The van der Waals surface area contributed by atoms with Gasteiger partial charge in [-0.2, -0.15) is 5.26 Å². The van der Waals surface area contributed by atoms with Gasteiger partial charge in [-0.05, 0) is 32.3 Å². The molecule has 0 spiro atoms. The van der Waals surface area contributed by atoms with Gasteiger partial charge in [0.15, 0.2) is 5.16 Å². The van der Waals surface area contributed by atoms with Gasteiger partial charge < -0.3 is 5.32 Å². The molecule has 0 bridgehead atoms. The Bertz CT molecular complexity index is 963. The van der Waals surface area contributed by atoms with Crippen LogP contribution in [0.3, 0.4) is 0 Å². The number of amides is 1. The quantitative estimate of drug-likeness (QED) is 0.479. The van der Waals surface area contributed by atoms with Crippen LogP contribution < -0.4 is 10.9 Å². The molecule has 144 valence electrons. The lowest BCUT2D eigenvalue weighted by molar-refractivity contribution is -0.120. The van der Waals surface area contributed by atoms with Crippen LogP contribution in [0.5, 0.6) is 0 Å². The minimum Gasteiger partial charge on any atom is -0.337 e. The molecule has 1 saturated carbocycles. The van der Waals surface area contributed by atoms with Crippen molar-refractivity contribution in [1.82, 2.24) is 14.9 Å². The Morgan fingerprint density at radius 1 is 1.33 bits per heavy atom. The van der Waals surface area contributed by atoms with Crippen LogP contribution in [0.2, 0.25) is 0 Å². The van der Waals surface area contributed by atoms with E-state index in [-0.39, 0.29) is 17.2 Å². The second-order valence-corrected chi connectivity index (χ2v) is 9.31. The lowest BCUT2D eigenvalue weighted by Gasteiger charge is -2.26. The summed E-state index contributed by atoms with van der Waals surface area (Å²) >= 11 is 2.74. The number of carbonyl (C=O) groups excluding carboxylic acids is 1. The Hall–Kier alpha value is -1.85. The SMILES string of the molecule is Cc1sc2nc(SCC(=O)NC3(C#N)CCCCCC3)n(C)c(=O)c2c1C. The highest BCUT2D eigenvalue weighted by Gasteiger charge is 2.32. The fourth-order valence-corrected chi connectivity index (χ4v) is 5.36. The van der Waals surface area contributed by atoms with E-state index in [4.69, 9.17) is 0 Å². The molecule has 0 aliphatic heterocycles. The monoisotopic (exact) mass is 404 g/mol. The van der Waals surface area contributed by atoms with Crippen molar-refractivity contribution in [1.29, 1.82) is 5.26 Å². The van der Waals surface area contributed by atoms with Crippen LogP contribution in [0.15, 0.2) is 9.95 Å². The van der Waals surface area contributed by atoms with E-state index in [1.807, 2.05) is 13.8 Å². The molecule has 0 atom stereocenters.